The summed E-state index contributed by atoms with van der Waals surface area (Å²) in [6, 6.07) is 0. The van der Waals surface area contributed by atoms with Gasteiger partial charge in [0.15, 0.2) is 0 Å². The zero-order chi connectivity index (χ0) is 16.7. The summed E-state index contributed by atoms with van der Waals surface area (Å²) in [5, 5.41) is 0. The fourth-order valence-electron chi connectivity index (χ4n) is 4.49. The zero-order valence-electron chi connectivity index (χ0n) is 16.3. The molecule has 132 valence electrons. The molecule has 6 atom stereocenters. The Balaban J connectivity index is 2.59. The molecule has 0 radical (unpaired) electrons. The van der Waals surface area contributed by atoms with Crippen molar-refractivity contribution in [2.45, 2.75) is 86.5 Å². The topological polar surface area (TPSA) is 26.0 Å². The third-order valence-electron chi connectivity index (χ3n) is 7.03. The van der Waals surface area contributed by atoms with Gasteiger partial charge in [-0.2, -0.15) is 0 Å². The summed E-state index contributed by atoms with van der Waals surface area (Å²) in [7, 11) is 0. The summed E-state index contributed by atoms with van der Waals surface area (Å²) in [5.41, 5.74) is 5.94. The van der Waals surface area contributed by atoms with Crippen LogP contribution in [0.4, 0.5) is 0 Å². The van der Waals surface area contributed by atoms with Gasteiger partial charge in [-0.15, -0.1) is 0 Å². The van der Waals surface area contributed by atoms with E-state index in [1.165, 1.54) is 44.9 Å². The van der Waals surface area contributed by atoms with Crippen molar-refractivity contribution in [3.63, 3.8) is 0 Å². The van der Waals surface area contributed by atoms with Gasteiger partial charge in [0.05, 0.1) is 0 Å². The quantitative estimate of drug-likeness (QED) is 0.537. The molecular weight excluding hydrogens is 266 g/mol. The van der Waals surface area contributed by atoms with Crippen LogP contribution >= 0.6 is 0 Å². The van der Waals surface area contributed by atoms with Crippen LogP contribution in [0.3, 0.4) is 0 Å². The minimum absolute atomic E-state index is 0.677. The Hall–Kier alpha value is -0.0400. The molecule has 2 N–H and O–H groups in total. The largest absolute Gasteiger partial charge is 0.330 e. The van der Waals surface area contributed by atoms with E-state index in [-0.39, 0.29) is 0 Å². The molecule has 1 fully saturated rings. The van der Waals surface area contributed by atoms with Crippen molar-refractivity contribution in [3.8, 4) is 0 Å². The first kappa shape index (κ1) is 20.0. The van der Waals surface area contributed by atoms with Gasteiger partial charge < -0.3 is 5.73 Å². The summed E-state index contributed by atoms with van der Waals surface area (Å²) >= 11 is 0. The molecule has 1 rings (SSSR count). The second-order valence-electron chi connectivity index (χ2n) is 8.74. The Morgan fingerprint density at radius 1 is 1.00 bits per heavy atom. The number of nitrogens with two attached hydrogens (primary N) is 1. The molecule has 0 aromatic carbocycles. The van der Waals surface area contributed by atoms with Crippen LogP contribution in [0, 0.1) is 41.4 Å². The highest BCUT2D eigenvalue weighted by molar-refractivity contribution is 4.83. The van der Waals surface area contributed by atoms with Crippen LogP contribution in [0.1, 0.15) is 86.5 Å². The van der Waals surface area contributed by atoms with Crippen molar-refractivity contribution in [3.05, 3.63) is 0 Å². The van der Waals surface area contributed by atoms with E-state index in [9.17, 15) is 0 Å². The molecular formula is C21H43N. The van der Waals surface area contributed by atoms with E-state index in [0.29, 0.717) is 5.92 Å². The lowest BCUT2D eigenvalue weighted by Gasteiger charge is -2.34. The molecule has 1 aliphatic carbocycles. The van der Waals surface area contributed by atoms with Crippen LogP contribution in [0.2, 0.25) is 0 Å². The highest BCUT2D eigenvalue weighted by atomic mass is 14.6. The van der Waals surface area contributed by atoms with Crippen molar-refractivity contribution in [1.82, 2.24) is 0 Å². The molecule has 1 saturated carbocycles. The maximum Gasteiger partial charge on any atom is -0.00489 e. The lowest BCUT2D eigenvalue weighted by molar-refractivity contribution is 0.162. The predicted molar refractivity (Wildman–Crippen MR) is 99.8 cm³/mol. The monoisotopic (exact) mass is 309 g/mol. The second-order valence-corrected chi connectivity index (χ2v) is 8.74. The zero-order valence-corrected chi connectivity index (χ0v) is 16.3. The Morgan fingerprint density at radius 2 is 1.68 bits per heavy atom. The molecule has 0 amide bonds. The van der Waals surface area contributed by atoms with Gasteiger partial charge in [0, 0.05) is 0 Å². The Morgan fingerprint density at radius 3 is 2.23 bits per heavy atom. The van der Waals surface area contributed by atoms with E-state index in [1.54, 1.807) is 0 Å². The summed E-state index contributed by atoms with van der Waals surface area (Å²) in [6.45, 7) is 15.3. The van der Waals surface area contributed by atoms with Crippen molar-refractivity contribution in [2.75, 3.05) is 6.54 Å². The average molecular weight is 310 g/mol. The summed E-state index contributed by atoms with van der Waals surface area (Å²) < 4.78 is 0. The third kappa shape index (κ3) is 5.87. The molecule has 6 unspecified atom stereocenters. The summed E-state index contributed by atoms with van der Waals surface area (Å²) in [6.07, 6.45) is 10.1. The van der Waals surface area contributed by atoms with E-state index in [1.807, 2.05) is 0 Å². The molecule has 0 saturated heterocycles. The van der Waals surface area contributed by atoms with Crippen molar-refractivity contribution >= 4 is 0 Å². The average Bonchev–Trinajstić information content (AvgIpc) is 2.72. The van der Waals surface area contributed by atoms with E-state index in [4.69, 9.17) is 5.73 Å². The Labute approximate surface area is 140 Å². The van der Waals surface area contributed by atoms with Gasteiger partial charge in [0.1, 0.15) is 0 Å². The van der Waals surface area contributed by atoms with Gasteiger partial charge >= 0.3 is 0 Å². The van der Waals surface area contributed by atoms with Gasteiger partial charge in [-0.3, -0.25) is 0 Å². The normalized spacial score (nSPS) is 30.8. The molecule has 0 aromatic heterocycles. The highest BCUT2D eigenvalue weighted by Crippen LogP contribution is 2.42. The van der Waals surface area contributed by atoms with E-state index < -0.39 is 0 Å². The van der Waals surface area contributed by atoms with E-state index in [0.717, 1.165) is 42.1 Å². The van der Waals surface area contributed by atoms with Gasteiger partial charge in [-0.25, -0.2) is 0 Å². The van der Waals surface area contributed by atoms with E-state index >= 15 is 0 Å². The van der Waals surface area contributed by atoms with Crippen molar-refractivity contribution < 1.29 is 0 Å². The van der Waals surface area contributed by atoms with Crippen LogP contribution in [0.25, 0.3) is 0 Å². The number of rotatable bonds is 8. The van der Waals surface area contributed by atoms with Crippen molar-refractivity contribution in [2.24, 2.45) is 47.2 Å². The fraction of sp³-hybridized carbons (Fsp3) is 1.00. The molecule has 0 spiro atoms. The lowest BCUT2D eigenvalue weighted by atomic mass is 9.72. The Bertz CT molecular complexity index is 286. The molecule has 1 heteroatoms. The van der Waals surface area contributed by atoms with Gasteiger partial charge in [-0.1, -0.05) is 73.6 Å². The first-order valence-corrected chi connectivity index (χ1v) is 10.1. The standard InChI is InChI=1S/C21H43N/c1-7-20-13-19(12-11-16(4)15(2)3)9-8-10-21(20)18(6)17(5)14-22/h15-21H,7-14,22H2,1-6H3. The number of hydrogen-bond donors (Lipinski definition) is 1. The van der Waals surface area contributed by atoms with Gasteiger partial charge in [0.2, 0.25) is 0 Å². The van der Waals surface area contributed by atoms with Crippen LogP contribution in [0.15, 0.2) is 0 Å². The summed E-state index contributed by atoms with van der Waals surface area (Å²) in [5.74, 6) is 6.03. The fourth-order valence-corrected chi connectivity index (χ4v) is 4.49. The maximum absolute atomic E-state index is 5.94. The van der Waals surface area contributed by atoms with Crippen LogP contribution in [-0.2, 0) is 0 Å². The smallest absolute Gasteiger partial charge is 0.00489 e. The molecule has 0 heterocycles. The van der Waals surface area contributed by atoms with Gasteiger partial charge in [-0.05, 0) is 60.8 Å². The molecule has 1 aliphatic rings. The second kappa shape index (κ2) is 9.96. The molecule has 22 heavy (non-hydrogen) atoms. The predicted octanol–water partition coefficient (Wildman–Crippen LogP) is 6.12. The van der Waals surface area contributed by atoms with Crippen LogP contribution in [0.5, 0.6) is 0 Å². The molecule has 1 nitrogen and oxygen atoms in total. The summed E-state index contributed by atoms with van der Waals surface area (Å²) in [4.78, 5) is 0. The maximum atomic E-state index is 5.94. The SMILES string of the molecule is CCC1CC(CCC(C)C(C)C)CCCC1C(C)C(C)CN. The number of hydrogen-bond acceptors (Lipinski definition) is 1. The van der Waals surface area contributed by atoms with E-state index in [2.05, 4.69) is 41.5 Å². The minimum Gasteiger partial charge on any atom is -0.330 e. The molecule has 0 aromatic rings. The van der Waals surface area contributed by atoms with Crippen molar-refractivity contribution in [1.29, 1.82) is 0 Å². The first-order valence-electron chi connectivity index (χ1n) is 10.1. The highest BCUT2D eigenvalue weighted by Gasteiger charge is 2.32. The Kier molecular flexibility index (Phi) is 9.05. The minimum atomic E-state index is 0.677. The first-order chi connectivity index (χ1) is 10.4. The third-order valence-corrected chi connectivity index (χ3v) is 7.03. The van der Waals surface area contributed by atoms with Gasteiger partial charge in [0.25, 0.3) is 0 Å². The molecule has 0 aliphatic heterocycles. The van der Waals surface area contributed by atoms with Crippen LogP contribution in [-0.4, -0.2) is 6.54 Å². The van der Waals surface area contributed by atoms with Crippen LogP contribution < -0.4 is 5.73 Å². The lowest BCUT2D eigenvalue weighted by Crippen LogP contribution is -2.29. The molecule has 0 bridgehead atoms.